The van der Waals surface area contributed by atoms with Gasteiger partial charge in [-0.15, -0.1) is 0 Å². The molecule has 0 aliphatic carbocycles. The summed E-state index contributed by atoms with van der Waals surface area (Å²) < 4.78 is 45.9. The molecular formula is C10H11F3O2. The van der Waals surface area contributed by atoms with Crippen LogP contribution in [0, 0.1) is 5.82 Å². The van der Waals surface area contributed by atoms with Crippen LogP contribution < -0.4 is 9.47 Å². The largest absolute Gasteiger partial charge is 0.491 e. The van der Waals surface area contributed by atoms with E-state index in [0.717, 1.165) is 12.1 Å². The minimum absolute atomic E-state index is 0.116. The lowest BCUT2D eigenvalue weighted by molar-refractivity contribution is -0.0523. The van der Waals surface area contributed by atoms with Gasteiger partial charge in [0.2, 0.25) is 0 Å². The summed E-state index contributed by atoms with van der Waals surface area (Å²) in [5, 5.41) is 0. The number of hydrogen-bond donors (Lipinski definition) is 0. The summed E-state index contributed by atoms with van der Waals surface area (Å²) in [5.74, 6) is -1.06. The lowest BCUT2D eigenvalue weighted by Gasteiger charge is -2.11. The molecule has 0 aliphatic rings. The van der Waals surface area contributed by atoms with Gasteiger partial charge in [-0.3, -0.25) is 0 Å². The van der Waals surface area contributed by atoms with E-state index in [2.05, 4.69) is 4.74 Å². The van der Waals surface area contributed by atoms with Crippen LogP contribution in [-0.4, -0.2) is 12.7 Å². The average molecular weight is 220 g/mol. The van der Waals surface area contributed by atoms with Gasteiger partial charge in [0.1, 0.15) is 5.75 Å². The van der Waals surface area contributed by atoms with Gasteiger partial charge in [0.25, 0.3) is 0 Å². The third-order valence-corrected chi connectivity index (χ3v) is 1.49. The Morgan fingerprint density at radius 1 is 1.13 bits per heavy atom. The molecule has 84 valence electrons. The quantitative estimate of drug-likeness (QED) is 0.775. The lowest BCUT2D eigenvalue weighted by Crippen LogP contribution is -2.07. The molecule has 0 amide bonds. The van der Waals surface area contributed by atoms with E-state index in [-0.39, 0.29) is 6.10 Å². The van der Waals surface area contributed by atoms with E-state index in [4.69, 9.17) is 4.74 Å². The summed E-state index contributed by atoms with van der Waals surface area (Å²) >= 11 is 0. The van der Waals surface area contributed by atoms with Crippen molar-refractivity contribution in [2.75, 3.05) is 0 Å². The third kappa shape index (κ3) is 3.69. The van der Waals surface area contributed by atoms with Crippen molar-refractivity contribution in [1.82, 2.24) is 0 Å². The van der Waals surface area contributed by atoms with Gasteiger partial charge in [-0.1, -0.05) is 0 Å². The normalized spacial score (nSPS) is 10.9. The molecule has 0 unspecified atom stereocenters. The molecule has 2 nitrogen and oxygen atoms in total. The highest BCUT2D eigenvalue weighted by Gasteiger charge is 2.11. The van der Waals surface area contributed by atoms with Gasteiger partial charge >= 0.3 is 6.61 Å². The van der Waals surface area contributed by atoms with Crippen LogP contribution in [0.2, 0.25) is 0 Å². The number of rotatable bonds is 4. The van der Waals surface area contributed by atoms with Crippen LogP contribution in [-0.2, 0) is 0 Å². The maximum absolute atomic E-state index is 13.0. The van der Waals surface area contributed by atoms with Gasteiger partial charge in [0.05, 0.1) is 6.10 Å². The molecule has 0 spiro atoms. The smallest absolute Gasteiger partial charge is 0.387 e. The summed E-state index contributed by atoms with van der Waals surface area (Å²) in [6.07, 6.45) is -0.116. The second-order valence-electron chi connectivity index (χ2n) is 3.14. The van der Waals surface area contributed by atoms with E-state index < -0.39 is 18.2 Å². The SMILES string of the molecule is CC(C)Oc1ccc(F)c(OC(F)F)c1. The molecule has 0 bridgehead atoms. The van der Waals surface area contributed by atoms with Gasteiger partial charge in [0, 0.05) is 6.07 Å². The van der Waals surface area contributed by atoms with Crippen LogP contribution in [0.5, 0.6) is 11.5 Å². The fraction of sp³-hybridized carbons (Fsp3) is 0.400. The first-order valence-corrected chi connectivity index (χ1v) is 4.40. The summed E-state index contributed by atoms with van der Waals surface area (Å²) in [4.78, 5) is 0. The van der Waals surface area contributed by atoms with Crippen molar-refractivity contribution < 1.29 is 22.6 Å². The second kappa shape index (κ2) is 4.91. The van der Waals surface area contributed by atoms with Gasteiger partial charge in [-0.25, -0.2) is 4.39 Å². The van der Waals surface area contributed by atoms with E-state index in [9.17, 15) is 13.2 Å². The molecular weight excluding hydrogens is 209 g/mol. The van der Waals surface area contributed by atoms with E-state index in [0.29, 0.717) is 5.75 Å². The monoisotopic (exact) mass is 220 g/mol. The van der Waals surface area contributed by atoms with Gasteiger partial charge in [-0.05, 0) is 26.0 Å². The summed E-state index contributed by atoms with van der Waals surface area (Å²) in [5.41, 5.74) is 0. The number of halogens is 3. The highest BCUT2D eigenvalue weighted by atomic mass is 19.3. The zero-order valence-corrected chi connectivity index (χ0v) is 8.34. The molecule has 5 heteroatoms. The molecule has 0 saturated heterocycles. The van der Waals surface area contributed by atoms with Crippen LogP contribution in [0.1, 0.15) is 13.8 Å². The lowest BCUT2D eigenvalue weighted by atomic mass is 10.3. The van der Waals surface area contributed by atoms with Crippen molar-refractivity contribution in [2.24, 2.45) is 0 Å². The Morgan fingerprint density at radius 2 is 1.80 bits per heavy atom. The van der Waals surface area contributed by atoms with Crippen molar-refractivity contribution >= 4 is 0 Å². The van der Waals surface area contributed by atoms with Gasteiger partial charge in [0.15, 0.2) is 11.6 Å². The molecule has 0 fully saturated rings. The predicted octanol–water partition coefficient (Wildman–Crippen LogP) is 3.21. The van der Waals surface area contributed by atoms with Gasteiger partial charge < -0.3 is 9.47 Å². The molecule has 1 aromatic rings. The predicted molar refractivity (Wildman–Crippen MR) is 48.8 cm³/mol. The summed E-state index contributed by atoms with van der Waals surface area (Å²) in [6.45, 7) is 0.502. The summed E-state index contributed by atoms with van der Waals surface area (Å²) in [6, 6.07) is 3.48. The summed E-state index contributed by atoms with van der Waals surface area (Å²) in [7, 11) is 0. The number of hydrogen-bond acceptors (Lipinski definition) is 2. The standard InChI is InChI=1S/C10H11F3O2/c1-6(2)14-7-3-4-8(11)9(5-7)15-10(12)13/h3-6,10H,1-2H3. The minimum Gasteiger partial charge on any atom is -0.491 e. The van der Waals surface area contributed by atoms with Crippen LogP contribution >= 0.6 is 0 Å². The van der Waals surface area contributed by atoms with Crippen molar-refractivity contribution in [1.29, 1.82) is 0 Å². The maximum atomic E-state index is 13.0. The molecule has 15 heavy (non-hydrogen) atoms. The molecule has 0 saturated carbocycles. The fourth-order valence-corrected chi connectivity index (χ4v) is 1.02. The first-order valence-electron chi connectivity index (χ1n) is 4.40. The van der Waals surface area contributed by atoms with Crippen molar-refractivity contribution in [3.05, 3.63) is 24.0 Å². The van der Waals surface area contributed by atoms with E-state index >= 15 is 0 Å². The van der Waals surface area contributed by atoms with Crippen molar-refractivity contribution in [3.8, 4) is 11.5 Å². The Bertz CT molecular complexity index is 326. The van der Waals surface area contributed by atoms with Crippen molar-refractivity contribution in [2.45, 2.75) is 26.6 Å². The Morgan fingerprint density at radius 3 is 2.33 bits per heavy atom. The number of benzene rings is 1. The highest BCUT2D eigenvalue weighted by molar-refractivity contribution is 5.34. The zero-order chi connectivity index (χ0) is 11.4. The third-order valence-electron chi connectivity index (χ3n) is 1.49. The molecule has 0 radical (unpaired) electrons. The van der Waals surface area contributed by atoms with Crippen LogP contribution in [0.25, 0.3) is 0 Å². The molecule has 0 atom stereocenters. The van der Waals surface area contributed by atoms with Crippen LogP contribution in [0.3, 0.4) is 0 Å². The number of ether oxygens (including phenoxy) is 2. The zero-order valence-electron chi connectivity index (χ0n) is 8.34. The fourth-order valence-electron chi connectivity index (χ4n) is 1.02. The molecule has 0 N–H and O–H groups in total. The Hall–Kier alpha value is -1.39. The van der Waals surface area contributed by atoms with Crippen molar-refractivity contribution in [3.63, 3.8) is 0 Å². The maximum Gasteiger partial charge on any atom is 0.387 e. The molecule has 1 rings (SSSR count). The van der Waals surface area contributed by atoms with Gasteiger partial charge in [-0.2, -0.15) is 8.78 Å². The Kier molecular flexibility index (Phi) is 3.82. The molecule has 0 aromatic heterocycles. The first-order chi connectivity index (χ1) is 6.99. The average Bonchev–Trinajstić information content (AvgIpc) is 2.09. The van der Waals surface area contributed by atoms with Crippen LogP contribution in [0.15, 0.2) is 18.2 Å². The minimum atomic E-state index is -3.05. The first kappa shape index (κ1) is 11.7. The second-order valence-corrected chi connectivity index (χ2v) is 3.14. The van der Waals surface area contributed by atoms with E-state index in [1.807, 2.05) is 0 Å². The van der Waals surface area contributed by atoms with E-state index in [1.54, 1.807) is 13.8 Å². The molecule has 0 heterocycles. The number of alkyl halides is 2. The van der Waals surface area contributed by atoms with Crippen LogP contribution in [0.4, 0.5) is 13.2 Å². The Labute approximate surface area is 85.6 Å². The topological polar surface area (TPSA) is 18.5 Å². The highest BCUT2D eigenvalue weighted by Crippen LogP contribution is 2.25. The van der Waals surface area contributed by atoms with E-state index in [1.165, 1.54) is 6.07 Å². The molecule has 1 aromatic carbocycles. The molecule has 0 aliphatic heterocycles. The Balaban J connectivity index is 2.85.